The molecule has 2 fully saturated rings. The minimum absolute atomic E-state index is 0.0358. The highest BCUT2D eigenvalue weighted by Gasteiger charge is 2.69. The second-order valence-corrected chi connectivity index (χ2v) is 9.46. The SMILES string of the molecule is Cc1ccc2[nH]c3c4c(ccc3c2c1)OC1(C)CCC2C1C4C2(C)C. The number of aromatic amines is 1. The third-order valence-corrected chi connectivity index (χ3v) is 7.79. The Kier molecular flexibility index (Phi) is 2.31. The van der Waals surface area contributed by atoms with Crippen molar-refractivity contribution in [2.75, 3.05) is 0 Å². The first-order valence-corrected chi connectivity index (χ1v) is 9.64. The predicted molar refractivity (Wildman–Crippen MR) is 102 cm³/mol. The molecule has 3 aliphatic rings. The molecule has 4 atom stereocenters. The highest BCUT2D eigenvalue weighted by molar-refractivity contribution is 6.09. The molecule has 0 bridgehead atoms. The lowest BCUT2D eigenvalue weighted by Crippen LogP contribution is -2.59. The van der Waals surface area contributed by atoms with Crippen molar-refractivity contribution in [1.82, 2.24) is 4.98 Å². The van der Waals surface area contributed by atoms with Gasteiger partial charge >= 0.3 is 0 Å². The number of rotatable bonds is 0. The first kappa shape index (κ1) is 14.2. The Hall–Kier alpha value is -1.96. The van der Waals surface area contributed by atoms with Crippen molar-refractivity contribution < 1.29 is 4.74 Å². The molecule has 2 nitrogen and oxygen atoms in total. The monoisotopic (exact) mass is 331 g/mol. The van der Waals surface area contributed by atoms with Gasteiger partial charge in [0.2, 0.25) is 0 Å². The Bertz CT molecular complexity index is 1060. The summed E-state index contributed by atoms with van der Waals surface area (Å²) < 4.78 is 6.65. The van der Waals surface area contributed by atoms with Crippen LogP contribution in [-0.2, 0) is 0 Å². The van der Waals surface area contributed by atoms with Crippen molar-refractivity contribution in [3.63, 3.8) is 0 Å². The quantitative estimate of drug-likeness (QED) is 0.542. The Morgan fingerprint density at radius 3 is 2.76 bits per heavy atom. The maximum absolute atomic E-state index is 6.65. The number of ether oxygens (including phenoxy) is 1. The van der Waals surface area contributed by atoms with Crippen LogP contribution in [-0.4, -0.2) is 10.6 Å². The van der Waals surface area contributed by atoms with Gasteiger partial charge in [0.05, 0.1) is 5.52 Å². The van der Waals surface area contributed by atoms with E-state index in [-0.39, 0.29) is 5.60 Å². The smallest absolute Gasteiger partial charge is 0.125 e. The lowest BCUT2D eigenvalue weighted by atomic mass is 9.45. The van der Waals surface area contributed by atoms with Crippen molar-refractivity contribution in [1.29, 1.82) is 0 Å². The fourth-order valence-corrected chi connectivity index (χ4v) is 6.61. The van der Waals surface area contributed by atoms with Gasteiger partial charge in [-0.05, 0) is 62.3 Å². The van der Waals surface area contributed by atoms with Gasteiger partial charge in [0.15, 0.2) is 0 Å². The van der Waals surface area contributed by atoms with Gasteiger partial charge in [-0.15, -0.1) is 0 Å². The second-order valence-electron chi connectivity index (χ2n) is 9.46. The van der Waals surface area contributed by atoms with Gasteiger partial charge in [-0.2, -0.15) is 0 Å². The number of hydrogen-bond donors (Lipinski definition) is 1. The molecule has 2 heteroatoms. The van der Waals surface area contributed by atoms with E-state index in [1.165, 1.54) is 45.8 Å². The number of H-pyrrole nitrogens is 1. The number of nitrogens with one attached hydrogen (secondary N) is 1. The van der Waals surface area contributed by atoms with E-state index in [1.54, 1.807) is 0 Å². The molecular weight excluding hydrogens is 306 g/mol. The molecule has 25 heavy (non-hydrogen) atoms. The maximum atomic E-state index is 6.65. The summed E-state index contributed by atoms with van der Waals surface area (Å²) in [6.07, 6.45) is 2.51. The van der Waals surface area contributed by atoms with E-state index in [9.17, 15) is 0 Å². The second kappa shape index (κ2) is 4.06. The number of fused-ring (bicyclic) bond motifs is 6. The van der Waals surface area contributed by atoms with E-state index >= 15 is 0 Å². The average Bonchev–Trinajstić information content (AvgIpc) is 3.08. The highest BCUT2D eigenvalue weighted by atomic mass is 16.5. The topological polar surface area (TPSA) is 25.0 Å². The van der Waals surface area contributed by atoms with Crippen LogP contribution < -0.4 is 4.74 Å². The standard InChI is InChI=1S/C23H25NO/c1-12-5-7-16-14(11-12)13-6-8-17-18(21(13)24-16)20-19-15(22(20,2)3)9-10-23(19,4)25-17/h5-8,11,15,19-20,24H,9-10H2,1-4H3. The number of aryl methyl sites for hydroxylation is 1. The first-order chi connectivity index (χ1) is 11.9. The van der Waals surface area contributed by atoms with Crippen molar-refractivity contribution in [3.8, 4) is 5.75 Å². The van der Waals surface area contributed by atoms with Crippen LogP contribution in [0.5, 0.6) is 5.75 Å². The van der Waals surface area contributed by atoms with Crippen molar-refractivity contribution in [3.05, 3.63) is 41.5 Å². The van der Waals surface area contributed by atoms with Gasteiger partial charge in [-0.3, -0.25) is 0 Å². The number of benzene rings is 2. The molecule has 2 aliphatic carbocycles. The van der Waals surface area contributed by atoms with E-state index < -0.39 is 0 Å². The molecule has 4 unspecified atom stereocenters. The molecule has 1 N–H and O–H groups in total. The molecule has 0 radical (unpaired) electrons. The third kappa shape index (κ3) is 1.49. The van der Waals surface area contributed by atoms with Crippen LogP contribution in [0.2, 0.25) is 0 Å². The van der Waals surface area contributed by atoms with Crippen LogP contribution >= 0.6 is 0 Å². The van der Waals surface area contributed by atoms with Gasteiger partial charge in [0.1, 0.15) is 11.4 Å². The van der Waals surface area contributed by atoms with Crippen molar-refractivity contribution in [2.24, 2.45) is 17.3 Å². The summed E-state index contributed by atoms with van der Waals surface area (Å²) in [5, 5.41) is 2.69. The summed E-state index contributed by atoms with van der Waals surface area (Å²) in [7, 11) is 0. The van der Waals surface area contributed by atoms with E-state index in [1.807, 2.05) is 0 Å². The summed E-state index contributed by atoms with van der Waals surface area (Å²) in [5.41, 5.74) is 5.70. The summed E-state index contributed by atoms with van der Waals surface area (Å²) in [5.74, 6) is 3.20. The van der Waals surface area contributed by atoms with Gasteiger partial charge in [-0.25, -0.2) is 0 Å². The predicted octanol–water partition coefficient (Wildman–Crippen LogP) is 5.93. The van der Waals surface area contributed by atoms with Gasteiger partial charge in [0, 0.05) is 33.7 Å². The molecule has 3 aromatic rings. The lowest BCUT2D eigenvalue weighted by Gasteiger charge is -2.62. The fourth-order valence-electron chi connectivity index (χ4n) is 6.61. The number of hydrogen-bond acceptors (Lipinski definition) is 1. The molecule has 1 aliphatic heterocycles. The van der Waals surface area contributed by atoms with E-state index in [0.717, 1.165) is 11.7 Å². The molecule has 128 valence electrons. The van der Waals surface area contributed by atoms with Crippen molar-refractivity contribution >= 4 is 21.8 Å². The largest absolute Gasteiger partial charge is 0.487 e. The lowest BCUT2D eigenvalue weighted by molar-refractivity contribution is -0.119. The fraction of sp³-hybridized carbons (Fsp3) is 0.478. The Morgan fingerprint density at radius 2 is 1.92 bits per heavy atom. The molecule has 0 spiro atoms. The van der Waals surface area contributed by atoms with Crippen LogP contribution in [0.15, 0.2) is 30.3 Å². The minimum atomic E-state index is 0.0358. The third-order valence-electron chi connectivity index (χ3n) is 7.79. The zero-order chi connectivity index (χ0) is 17.1. The van der Waals surface area contributed by atoms with Crippen LogP contribution in [0.3, 0.4) is 0 Å². The summed E-state index contributed by atoms with van der Waals surface area (Å²) in [4.78, 5) is 3.74. The van der Waals surface area contributed by atoms with E-state index in [4.69, 9.17) is 4.74 Å². The molecule has 6 rings (SSSR count). The van der Waals surface area contributed by atoms with Crippen molar-refractivity contribution in [2.45, 2.75) is 52.1 Å². The average molecular weight is 331 g/mol. The normalized spacial score (nSPS) is 34.5. The Labute approximate surface area is 148 Å². The van der Waals surface area contributed by atoms with Crippen LogP contribution in [0.25, 0.3) is 21.8 Å². The molecule has 2 aromatic carbocycles. The zero-order valence-electron chi connectivity index (χ0n) is 15.4. The van der Waals surface area contributed by atoms with Gasteiger partial charge in [0.25, 0.3) is 0 Å². The Morgan fingerprint density at radius 1 is 1.08 bits per heavy atom. The van der Waals surface area contributed by atoms with Gasteiger partial charge < -0.3 is 9.72 Å². The molecule has 0 amide bonds. The van der Waals surface area contributed by atoms with Crippen LogP contribution in [0.1, 0.15) is 50.7 Å². The molecule has 2 saturated carbocycles. The summed E-state index contributed by atoms with van der Waals surface area (Å²) in [6.45, 7) is 9.47. The summed E-state index contributed by atoms with van der Waals surface area (Å²) >= 11 is 0. The molecule has 2 heterocycles. The molecular formula is C23H25NO. The van der Waals surface area contributed by atoms with Crippen LogP contribution in [0.4, 0.5) is 0 Å². The Balaban J connectivity index is 1.69. The molecule has 1 aromatic heterocycles. The highest BCUT2D eigenvalue weighted by Crippen LogP contribution is 2.73. The summed E-state index contributed by atoms with van der Waals surface area (Å²) in [6, 6.07) is 11.2. The molecule has 0 saturated heterocycles. The first-order valence-electron chi connectivity index (χ1n) is 9.64. The van der Waals surface area contributed by atoms with E-state index in [2.05, 4.69) is 63.0 Å². The maximum Gasteiger partial charge on any atom is 0.125 e. The van der Waals surface area contributed by atoms with Crippen LogP contribution in [0, 0.1) is 24.2 Å². The van der Waals surface area contributed by atoms with E-state index in [0.29, 0.717) is 17.3 Å². The minimum Gasteiger partial charge on any atom is -0.487 e. The number of aromatic nitrogens is 1. The van der Waals surface area contributed by atoms with Gasteiger partial charge in [-0.1, -0.05) is 25.5 Å². The zero-order valence-corrected chi connectivity index (χ0v) is 15.4.